The summed E-state index contributed by atoms with van der Waals surface area (Å²) >= 11 is 0. The van der Waals surface area contributed by atoms with Crippen LogP contribution in [0.5, 0.6) is 0 Å². The monoisotopic (exact) mass is 58.1 g/mol. The van der Waals surface area contributed by atoms with Crippen molar-refractivity contribution in [3.05, 3.63) is 12.7 Å². The molecule has 0 aromatic rings. The Hall–Kier alpha value is 0.935. The van der Waals surface area contributed by atoms with Gasteiger partial charge in [0.25, 0.3) is 0 Å². The number of hydrogen-bond acceptors (Lipinski definition) is 0. The van der Waals surface area contributed by atoms with E-state index in [1.807, 2.05) is 6.92 Å². The Morgan fingerprint density at radius 3 is 1.60 bits per heavy atom. The minimum Gasteiger partial charge on any atom is -1.00 e. The van der Waals surface area contributed by atoms with Crippen LogP contribution in [0.3, 0.4) is 0 Å². The van der Waals surface area contributed by atoms with Crippen molar-refractivity contribution in [2.75, 3.05) is 0 Å². The molecule has 0 amide bonds. The van der Waals surface area contributed by atoms with Crippen molar-refractivity contribution in [3.8, 4) is 0 Å². The van der Waals surface area contributed by atoms with E-state index in [1.54, 1.807) is 6.08 Å². The van der Waals surface area contributed by atoms with Gasteiger partial charge in [-0.2, -0.15) is 0 Å². The van der Waals surface area contributed by atoms with E-state index < -0.39 is 0 Å². The zero-order valence-electron chi connectivity index (χ0n) is 6.28. The van der Waals surface area contributed by atoms with Crippen LogP contribution in [0, 0.1) is 0 Å². The van der Waals surface area contributed by atoms with Gasteiger partial charge < -0.3 is 2.85 Å². The fourth-order valence-electron chi connectivity index (χ4n) is 0. The van der Waals surface area contributed by atoms with E-state index in [9.17, 15) is 0 Å². The minimum absolute atomic E-state index is 0. The van der Waals surface area contributed by atoms with Crippen molar-refractivity contribution in [2.45, 2.75) is 6.92 Å². The molecule has 0 bridgehead atoms. The first-order valence-electron chi connectivity index (χ1n) is 0.986. The Bertz CT molecular complexity index is 18.4. The normalized spacial score (nSPS) is 2.60. The van der Waals surface area contributed by atoms with Gasteiger partial charge in [-0.05, 0) is 6.92 Å². The third-order valence-corrected chi connectivity index (χ3v) is 0. The molecule has 0 saturated heterocycles. The minimum atomic E-state index is 0. The van der Waals surface area contributed by atoms with E-state index in [4.69, 9.17) is 0 Å². The predicted octanol–water partition coefficient (Wildman–Crippen LogP) is -4.57. The SMILES string of the molecule is C=CC.[H-].[H-].[Li+].[Li+]. The summed E-state index contributed by atoms with van der Waals surface area (Å²) in [6.45, 7) is 5.25. The Morgan fingerprint density at radius 1 is 1.60 bits per heavy atom. The molecule has 0 spiro atoms. The molecule has 0 fully saturated rings. The van der Waals surface area contributed by atoms with Crippen LogP contribution in [-0.2, 0) is 0 Å². The van der Waals surface area contributed by atoms with Gasteiger partial charge in [-0.25, -0.2) is 0 Å². The summed E-state index contributed by atoms with van der Waals surface area (Å²) < 4.78 is 0. The molecule has 0 aromatic heterocycles. The average Bonchev–Trinajstić information content (AvgIpc) is 0.918. The predicted molar refractivity (Wildman–Crippen MR) is 18.1 cm³/mol. The van der Waals surface area contributed by atoms with Crippen molar-refractivity contribution >= 4 is 0 Å². The molecule has 2 heteroatoms. The molecule has 22 valence electrons. The Morgan fingerprint density at radius 2 is 1.60 bits per heavy atom. The molecule has 0 nitrogen and oxygen atoms in total. The summed E-state index contributed by atoms with van der Waals surface area (Å²) in [6, 6.07) is 0. The smallest absolute Gasteiger partial charge is 1.00 e. The zero-order valence-corrected chi connectivity index (χ0v) is 4.28. The van der Waals surface area contributed by atoms with E-state index in [2.05, 4.69) is 6.58 Å². The van der Waals surface area contributed by atoms with Crippen molar-refractivity contribution < 1.29 is 40.6 Å². The first-order valence-corrected chi connectivity index (χ1v) is 0.986. The second-order valence-electron chi connectivity index (χ2n) is 0.408. The maximum atomic E-state index is 3.36. The Balaban J connectivity index is -0.00000000333. The van der Waals surface area contributed by atoms with Crippen LogP contribution < -0.4 is 37.7 Å². The fourth-order valence-corrected chi connectivity index (χ4v) is 0. The van der Waals surface area contributed by atoms with Crippen LogP contribution in [0.2, 0.25) is 0 Å². The molecular formula is C3H8Li2. The van der Waals surface area contributed by atoms with Crippen molar-refractivity contribution in [3.63, 3.8) is 0 Å². The van der Waals surface area contributed by atoms with Gasteiger partial charge in [0.05, 0.1) is 0 Å². The molecule has 0 radical (unpaired) electrons. The number of hydrogen-bond donors (Lipinski definition) is 0. The average molecular weight is 58.0 g/mol. The summed E-state index contributed by atoms with van der Waals surface area (Å²) in [5, 5.41) is 0. The van der Waals surface area contributed by atoms with Crippen molar-refractivity contribution in [2.24, 2.45) is 0 Å². The van der Waals surface area contributed by atoms with E-state index >= 15 is 0 Å². The molecule has 0 aliphatic heterocycles. The molecule has 0 unspecified atom stereocenters. The van der Waals surface area contributed by atoms with Gasteiger partial charge in [-0.3, -0.25) is 0 Å². The van der Waals surface area contributed by atoms with Crippen LogP contribution in [0.15, 0.2) is 12.7 Å². The Kier molecular flexibility index (Phi) is 68.5. The van der Waals surface area contributed by atoms with Gasteiger partial charge in [0.2, 0.25) is 0 Å². The zero-order chi connectivity index (χ0) is 2.71. The summed E-state index contributed by atoms with van der Waals surface area (Å²) in [4.78, 5) is 0. The molecule has 0 atom stereocenters. The fraction of sp³-hybridized carbons (Fsp3) is 0.333. The topological polar surface area (TPSA) is 0 Å². The first-order chi connectivity index (χ1) is 1.41. The van der Waals surface area contributed by atoms with E-state index in [1.165, 1.54) is 0 Å². The number of allylic oxidation sites excluding steroid dienone is 1. The summed E-state index contributed by atoms with van der Waals surface area (Å²) in [7, 11) is 0. The van der Waals surface area contributed by atoms with Gasteiger partial charge in [0.15, 0.2) is 0 Å². The van der Waals surface area contributed by atoms with Gasteiger partial charge in [-0.1, -0.05) is 6.08 Å². The largest absolute Gasteiger partial charge is 1.00 e. The molecular weight excluding hydrogens is 49.9 g/mol. The third kappa shape index (κ3) is 48.6. The van der Waals surface area contributed by atoms with Crippen molar-refractivity contribution in [1.29, 1.82) is 0 Å². The molecule has 0 aliphatic carbocycles. The summed E-state index contributed by atoms with van der Waals surface area (Å²) in [6.07, 6.45) is 1.75. The van der Waals surface area contributed by atoms with Crippen LogP contribution in [0.1, 0.15) is 9.78 Å². The maximum absolute atomic E-state index is 3.36. The second kappa shape index (κ2) is 20.4. The van der Waals surface area contributed by atoms with Gasteiger partial charge in [0, 0.05) is 0 Å². The quantitative estimate of drug-likeness (QED) is 0.194. The molecule has 0 aliphatic rings. The molecule has 5 heavy (non-hydrogen) atoms. The van der Waals surface area contributed by atoms with E-state index in [-0.39, 0.29) is 40.6 Å². The van der Waals surface area contributed by atoms with Crippen LogP contribution >= 0.6 is 0 Å². The second-order valence-corrected chi connectivity index (χ2v) is 0.408. The molecule has 0 rings (SSSR count). The summed E-state index contributed by atoms with van der Waals surface area (Å²) in [5.74, 6) is 0. The van der Waals surface area contributed by atoms with E-state index in [0.29, 0.717) is 0 Å². The maximum Gasteiger partial charge on any atom is 1.00 e. The third-order valence-electron chi connectivity index (χ3n) is 0. The molecule has 0 aromatic carbocycles. The molecule has 0 saturated carbocycles. The van der Waals surface area contributed by atoms with Crippen LogP contribution in [-0.4, -0.2) is 0 Å². The standard InChI is InChI=1S/C3H6.2Li.2H/c1-3-2;;;;/h3H,1H2,2H3;;;;/q;2*+1;2*-1. The van der Waals surface area contributed by atoms with E-state index in [0.717, 1.165) is 0 Å². The van der Waals surface area contributed by atoms with Gasteiger partial charge in [-0.15, -0.1) is 6.58 Å². The molecule has 0 N–H and O–H groups in total. The van der Waals surface area contributed by atoms with Crippen LogP contribution in [0.4, 0.5) is 0 Å². The van der Waals surface area contributed by atoms with Gasteiger partial charge in [0.1, 0.15) is 0 Å². The van der Waals surface area contributed by atoms with Gasteiger partial charge >= 0.3 is 37.7 Å². The number of rotatable bonds is 0. The first kappa shape index (κ1) is 16.8. The van der Waals surface area contributed by atoms with Crippen molar-refractivity contribution in [1.82, 2.24) is 0 Å². The molecule has 0 heterocycles. The Labute approximate surface area is 60.3 Å². The van der Waals surface area contributed by atoms with Crippen LogP contribution in [0.25, 0.3) is 0 Å². The summed E-state index contributed by atoms with van der Waals surface area (Å²) in [5.41, 5.74) is 0.